The van der Waals surface area contributed by atoms with Crippen LogP contribution in [0.3, 0.4) is 0 Å². The number of aromatic nitrogens is 1. The summed E-state index contributed by atoms with van der Waals surface area (Å²) in [6.07, 6.45) is 7.20. The minimum Gasteiger partial charge on any atom is -0.249 e. The topological polar surface area (TPSA) is 12.9 Å². The van der Waals surface area contributed by atoms with Gasteiger partial charge in [-0.05, 0) is 37.0 Å². The van der Waals surface area contributed by atoms with E-state index >= 15 is 0 Å². The van der Waals surface area contributed by atoms with Crippen molar-refractivity contribution >= 4 is 11.3 Å². The van der Waals surface area contributed by atoms with E-state index in [1.807, 2.05) is 6.20 Å². The highest BCUT2D eigenvalue weighted by Crippen LogP contribution is 2.42. The van der Waals surface area contributed by atoms with Crippen molar-refractivity contribution in [1.82, 2.24) is 4.98 Å². The number of rotatable bonds is 2. The molecule has 1 aromatic rings. The van der Waals surface area contributed by atoms with Gasteiger partial charge in [0.15, 0.2) is 0 Å². The Hall–Kier alpha value is -0.370. The molecule has 0 bridgehead atoms. The maximum Gasteiger partial charge on any atom is 0.0961 e. The fourth-order valence-corrected chi connectivity index (χ4v) is 3.32. The Labute approximate surface area is 96.9 Å². The monoisotopic (exact) mass is 222 g/mol. The largest absolute Gasteiger partial charge is 0.249 e. The molecule has 0 saturated heterocycles. The summed E-state index contributed by atoms with van der Waals surface area (Å²) in [6, 6.07) is 0. The van der Waals surface area contributed by atoms with Crippen molar-refractivity contribution in [2.45, 2.75) is 39.5 Å². The molecule has 1 heterocycles. The van der Waals surface area contributed by atoms with Gasteiger partial charge < -0.3 is 0 Å². The first-order valence-corrected chi connectivity index (χ1v) is 6.81. The molecule has 0 aliphatic heterocycles. The second-order valence-electron chi connectivity index (χ2n) is 5.05. The van der Waals surface area contributed by atoms with Crippen molar-refractivity contribution < 1.29 is 0 Å². The van der Waals surface area contributed by atoms with Gasteiger partial charge in [0.1, 0.15) is 0 Å². The molecule has 1 fully saturated rings. The molecule has 1 nitrogen and oxygen atoms in total. The third-order valence-electron chi connectivity index (χ3n) is 3.62. The fraction of sp³-hybridized carbons (Fsp3) is 0.692. The van der Waals surface area contributed by atoms with Crippen molar-refractivity contribution in [2.24, 2.45) is 17.8 Å². The van der Waals surface area contributed by atoms with Gasteiger partial charge in [-0.15, -0.1) is 11.3 Å². The zero-order valence-electron chi connectivity index (χ0n) is 9.81. The third-order valence-corrected chi connectivity index (χ3v) is 4.49. The first-order valence-electron chi connectivity index (χ1n) is 5.93. The molecule has 2 rings (SSSR count). The number of hydrogen-bond donors (Lipinski definition) is 0. The lowest BCUT2D eigenvalue weighted by Gasteiger charge is -2.34. The average molecular weight is 222 g/mol. The Morgan fingerprint density at radius 3 is 2.80 bits per heavy atom. The highest BCUT2D eigenvalue weighted by atomic mass is 32.1. The van der Waals surface area contributed by atoms with Gasteiger partial charge in [0.2, 0.25) is 0 Å². The van der Waals surface area contributed by atoms with E-state index in [1.165, 1.54) is 17.8 Å². The van der Waals surface area contributed by atoms with E-state index in [-0.39, 0.29) is 0 Å². The summed E-state index contributed by atoms with van der Waals surface area (Å²) in [5.74, 6) is 2.94. The fourth-order valence-electron chi connectivity index (χ4n) is 2.47. The zero-order valence-corrected chi connectivity index (χ0v) is 10.6. The Kier molecular flexibility index (Phi) is 3.45. The van der Waals surface area contributed by atoms with E-state index in [1.54, 1.807) is 11.3 Å². The lowest BCUT2D eigenvalue weighted by molar-refractivity contribution is 0.274. The summed E-state index contributed by atoms with van der Waals surface area (Å²) in [4.78, 5) is 4.47. The van der Waals surface area contributed by atoms with Crippen LogP contribution in [0.15, 0.2) is 11.6 Å². The summed E-state index contributed by atoms with van der Waals surface area (Å²) in [5.41, 5.74) is 0. The molecule has 0 amide bonds. The maximum absolute atomic E-state index is 4.47. The molecule has 3 unspecified atom stereocenters. The van der Waals surface area contributed by atoms with Gasteiger partial charge >= 0.3 is 0 Å². The van der Waals surface area contributed by atoms with Gasteiger partial charge in [-0.2, -0.15) is 0 Å². The first-order chi connectivity index (χ1) is 7.18. The van der Waals surface area contributed by atoms with Crippen LogP contribution in [0, 0.1) is 24.2 Å². The minimum absolute atomic E-state index is 0.603. The van der Waals surface area contributed by atoms with E-state index in [4.69, 9.17) is 0 Å². The quantitative estimate of drug-likeness (QED) is 0.733. The Bertz CT molecular complexity index is 291. The van der Waals surface area contributed by atoms with Crippen molar-refractivity contribution in [2.75, 3.05) is 0 Å². The van der Waals surface area contributed by atoms with Gasteiger partial charge in [0, 0.05) is 17.5 Å². The van der Waals surface area contributed by atoms with Crippen LogP contribution in [-0.4, -0.2) is 4.98 Å². The SMILES string of the molecule is CC(C)C1[CH]C(c2nccs2)C(C)CC1. The summed E-state index contributed by atoms with van der Waals surface area (Å²) in [5, 5.41) is 3.40. The summed E-state index contributed by atoms with van der Waals surface area (Å²) >= 11 is 1.80. The first kappa shape index (κ1) is 11.1. The van der Waals surface area contributed by atoms with Gasteiger partial charge in [-0.1, -0.05) is 20.8 Å². The second kappa shape index (κ2) is 4.65. The molecule has 1 aromatic heterocycles. The summed E-state index contributed by atoms with van der Waals surface area (Å²) in [6.45, 7) is 7.02. The lowest BCUT2D eigenvalue weighted by Crippen LogP contribution is -2.25. The zero-order chi connectivity index (χ0) is 10.8. The molecule has 0 aromatic carbocycles. The molecule has 83 valence electrons. The molecule has 1 aliphatic carbocycles. The second-order valence-corrected chi connectivity index (χ2v) is 5.98. The summed E-state index contributed by atoms with van der Waals surface area (Å²) in [7, 11) is 0. The molecule has 1 aliphatic rings. The molecular formula is C13H20NS. The van der Waals surface area contributed by atoms with E-state index in [2.05, 4.69) is 37.6 Å². The highest BCUT2D eigenvalue weighted by Gasteiger charge is 2.31. The smallest absolute Gasteiger partial charge is 0.0961 e. The maximum atomic E-state index is 4.47. The lowest BCUT2D eigenvalue weighted by atomic mass is 9.71. The molecule has 1 saturated carbocycles. The normalized spacial score (nSPS) is 32.1. The van der Waals surface area contributed by atoms with Crippen LogP contribution in [0.5, 0.6) is 0 Å². The van der Waals surface area contributed by atoms with E-state index in [0.717, 1.165) is 17.8 Å². The Balaban J connectivity index is 2.09. The van der Waals surface area contributed by atoms with Crippen LogP contribution in [0.4, 0.5) is 0 Å². The van der Waals surface area contributed by atoms with E-state index in [0.29, 0.717) is 5.92 Å². The Morgan fingerprint density at radius 1 is 1.40 bits per heavy atom. The van der Waals surface area contributed by atoms with Crippen LogP contribution < -0.4 is 0 Å². The number of hydrogen-bond acceptors (Lipinski definition) is 2. The van der Waals surface area contributed by atoms with Crippen molar-refractivity contribution in [3.8, 4) is 0 Å². The highest BCUT2D eigenvalue weighted by molar-refractivity contribution is 7.09. The molecule has 3 atom stereocenters. The van der Waals surface area contributed by atoms with Crippen LogP contribution in [0.2, 0.25) is 0 Å². The van der Waals surface area contributed by atoms with Crippen molar-refractivity contribution in [1.29, 1.82) is 0 Å². The van der Waals surface area contributed by atoms with Crippen molar-refractivity contribution in [3.05, 3.63) is 23.0 Å². The van der Waals surface area contributed by atoms with Gasteiger partial charge in [0.25, 0.3) is 0 Å². The van der Waals surface area contributed by atoms with Gasteiger partial charge in [-0.3, -0.25) is 0 Å². The number of nitrogens with zero attached hydrogens (tertiary/aromatic N) is 1. The Morgan fingerprint density at radius 2 is 2.20 bits per heavy atom. The predicted molar refractivity (Wildman–Crippen MR) is 65.9 cm³/mol. The van der Waals surface area contributed by atoms with E-state index in [9.17, 15) is 0 Å². The molecule has 0 N–H and O–H groups in total. The van der Waals surface area contributed by atoms with E-state index < -0.39 is 0 Å². The standard InChI is InChI=1S/C13H20NS/c1-9(2)11-5-4-10(3)12(8-11)13-14-6-7-15-13/h6-12H,4-5H2,1-3H3. The molecular weight excluding hydrogens is 202 g/mol. The van der Waals surface area contributed by atoms with Crippen molar-refractivity contribution in [3.63, 3.8) is 0 Å². The number of thiazole rings is 1. The molecule has 0 spiro atoms. The minimum atomic E-state index is 0.603. The predicted octanol–water partition coefficient (Wildman–Crippen LogP) is 4.13. The third kappa shape index (κ3) is 2.41. The van der Waals surface area contributed by atoms with Crippen LogP contribution >= 0.6 is 11.3 Å². The molecule has 15 heavy (non-hydrogen) atoms. The molecule has 1 radical (unpaired) electrons. The summed E-state index contributed by atoms with van der Waals surface area (Å²) < 4.78 is 0. The molecule has 2 heteroatoms. The van der Waals surface area contributed by atoms with Crippen LogP contribution in [0.25, 0.3) is 0 Å². The van der Waals surface area contributed by atoms with Crippen LogP contribution in [-0.2, 0) is 0 Å². The average Bonchev–Trinajstić information content (AvgIpc) is 2.71. The van der Waals surface area contributed by atoms with Crippen LogP contribution in [0.1, 0.15) is 44.5 Å². The van der Waals surface area contributed by atoms with Gasteiger partial charge in [0.05, 0.1) is 5.01 Å². The van der Waals surface area contributed by atoms with Gasteiger partial charge in [-0.25, -0.2) is 4.98 Å².